The molecule has 0 radical (unpaired) electrons. The molecule has 0 aliphatic heterocycles. The molecular formula is C13H12BrN3O. The van der Waals surface area contributed by atoms with Crippen molar-refractivity contribution in [3.63, 3.8) is 0 Å². The van der Waals surface area contributed by atoms with Gasteiger partial charge in [0.15, 0.2) is 0 Å². The van der Waals surface area contributed by atoms with Crippen molar-refractivity contribution >= 4 is 21.8 Å². The average Bonchev–Trinajstić information content (AvgIpc) is 2.34. The average molecular weight is 306 g/mol. The molecular weight excluding hydrogens is 294 g/mol. The normalized spacial score (nSPS) is 10.1. The molecule has 0 amide bonds. The summed E-state index contributed by atoms with van der Waals surface area (Å²) in [5.74, 6) is 1.26. The molecule has 0 aliphatic carbocycles. The quantitative estimate of drug-likeness (QED) is 0.675. The van der Waals surface area contributed by atoms with Crippen molar-refractivity contribution in [1.29, 1.82) is 5.41 Å². The van der Waals surface area contributed by atoms with Crippen LogP contribution in [0, 0.1) is 12.3 Å². The highest BCUT2D eigenvalue weighted by Gasteiger charge is 2.03. The van der Waals surface area contributed by atoms with Gasteiger partial charge in [-0.2, -0.15) is 0 Å². The lowest BCUT2D eigenvalue weighted by molar-refractivity contribution is 0.481. The van der Waals surface area contributed by atoms with Crippen LogP contribution in [0.4, 0.5) is 0 Å². The van der Waals surface area contributed by atoms with Crippen molar-refractivity contribution in [2.24, 2.45) is 5.73 Å². The number of nitrogens with one attached hydrogen (secondary N) is 1. The second-order valence-corrected chi connectivity index (χ2v) is 4.66. The molecule has 1 heterocycles. The summed E-state index contributed by atoms with van der Waals surface area (Å²) in [6.07, 6.45) is 1.57. The number of aryl methyl sites for hydroxylation is 1. The Balaban J connectivity index is 2.25. The number of nitrogen functional groups attached to an aromatic ring is 1. The zero-order valence-electron chi connectivity index (χ0n) is 9.77. The van der Waals surface area contributed by atoms with Crippen molar-refractivity contribution in [2.45, 2.75) is 6.92 Å². The highest BCUT2D eigenvalue weighted by atomic mass is 79.9. The smallest absolute Gasteiger partial charge is 0.141 e. The lowest BCUT2D eigenvalue weighted by Gasteiger charge is -2.08. The van der Waals surface area contributed by atoms with Crippen molar-refractivity contribution in [3.8, 4) is 11.5 Å². The first-order valence-corrected chi connectivity index (χ1v) is 6.10. The number of ether oxygens (including phenoxy) is 1. The summed E-state index contributed by atoms with van der Waals surface area (Å²) in [7, 11) is 0. The lowest BCUT2D eigenvalue weighted by atomic mass is 10.2. The van der Waals surface area contributed by atoms with E-state index in [0.29, 0.717) is 11.4 Å². The zero-order valence-corrected chi connectivity index (χ0v) is 11.4. The van der Waals surface area contributed by atoms with Gasteiger partial charge in [0, 0.05) is 16.7 Å². The summed E-state index contributed by atoms with van der Waals surface area (Å²) in [5, 5.41) is 7.33. The Bertz CT molecular complexity index is 599. The van der Waals surface area contributed by atoms with E-state index in [1.807, 2.05) is 25.1 Å². The Kier molecular flexibility index (Phi) is 3.62. The van der Waals surface area contributed by atoms with Gasteiger partial charge in [0.2, 0.25) is 0 Å². The van der Waals surface area contributed by atoms with Gasteiger partial charge in [-0.25, -0.2) is 0 Å². The van der Waals surface area contributed by atoms with E-state index in [1.54, 1.807) is 18.3 Å². The van der Waals surface area contributed by atoms with Gasteiger partial charge >= 0.3 is 0 Å². The van der Waals surface area contributed by atoms with Crippen LogP contribution >= 0.6 is 15.9 Å². The van der Waals surface area contributed by atoms with Crippen LogP contribution in [0.2, 0.25) is 0 Å². The number of pyridine rings is 1. The maximum Gasteiger partial charge on any atom is 0.141 e. The highest BCUT2D eigenvalue weighted by molar-refractivity contribution is 9.10. The zero-order chi connectivity index (χ0) is 13.1. The molecule has 5 heteroatoms. The van der Waals surface area contributed by atoms with Crippen LogP contribution in [0.5, 0.6) is 11.5 Å². The predicted molar refractivity (Wildman–Crippen MR) is 74.2 cm³/mol. The van der Waals surface area contributed by atoms with Crippen LogP contribution in [0.15, 0.2) is 41.0 Å². The first-order valence-electron chi connectivity index (χ1n) is 5.31. The van der Waals surface area contributed by atoms with E-state index in [-0.39, 0.29) is 5.84 Å². The van der Waals surface area contributed by atoms with E-state index in [0.717, 1.165) is 15.8 Å². The molecule has 0 aliphatic rings. The molecule has 92 valence electrons. The van der Waals surface area contributed by atoms with Gasteiger partial charge in [0.1, 0.15) is 23.0 Å². The number of rotatable bonds is 3. The third-order valence-corrected chi connectivity index (χ3v) is 3.26. The molecule has 0 atom stereocenters. The van der Waals surface area contributed by atoms with Crippen molar-refractivity contribution in [1.82, 2.24) is 4.98 Å². The number of benzene rings is 1. The fourth-order valence-electron chi connectivity index (χ4n) is 1.44. The summed E-state index contributed by atoms with van der Waals surface area (Å²) < 4.78 is 6.73. The molecule has 0 saturated heterocycles. The largest absolute Gasteiger partial charge is 0.457 e. The van der Waals surface area contributed by atoms with Gasteiger partial charge < -0.3 is 10.5 Å². The van der Waals surface area contributed by atoms with Gasteiger partial charge in [0.25, 0.3) is 0 Å². The van der Waals surface area contributed by atoms with Crippen molar-refractivity contribution in [3.05, 3.63) is 52.3 Å². The van der Waals surface area contributed by atoms with E-state index in [2.05, 4.69) is 20.9 Å². The van der Waals surface area contributed by atoms with Gasteiger partial charge in [-0.15, -0.1) is 0 Å². The molecule has 0 bridgehead atoms. The number of hydrogen-bond donors (Lipinski definition) is 2. The molecule has 0 unspecified atom stereocenters. The standard InChI is InChI=1S/C13H12BrN3O/c1-8-6-9(2-3-11(8)14)18-10-4-5-17-12(7-10)13(15)16/h2-7H,1H3,(H3,15,16). The van der Waals surface area contributed by atoms with E-state index in [1.165, 1.54) is 0 Å². The van der Waals surface area contributed by atoms with Gasteiger partial charge in [-0.1, -0.05) is 15.9 Å². The van der Waals surface area contributed by atoms with Crippen LogP contribution < -0.4 is 10.5 Å². The van der Waals surface area contributed by atoms with E-state index < -0.39 is 0 Å². The molecule has 2 aromatic rings. The molecule has 18 heavy (non-hydrogen) atoms. The number of hydrogen-bond acceptors (Lipinski definition) is 3. The summed E-state index contributed by atoms with van der Waals surface area (Å²) >= 11 is 3.44. The highest BCUT2D eigenvalue weighted by Crippen LogP contribution is 2.26. The second-order valence-electron chi connectivity index (χ2n) is 3.80. The van der Waals surface area contributed by atoms with Gasteiger partial charge in [0.05, 0.1) is 0 Å². The fraction of sp³-hybridized carbons (Fsp3) is 0.0769. The Morgan fingerprint density at radius 2 is 2.00 bits per heavy atom. The molecule has 1 aromatic heterocycles. The summed E-state index contributed by atoms with van der Waals surface area (Å²) in [6.45, 7) is 1.99. The third-order valence-electron chi connectivity index (χ3n) is 2.37. The second kappa shape index (κ2) is 5.18. The van der Waals surface area contributed by atoms with Crippen LogP contribution in [0.1, 0.15) is 11.3 Å². The Morgan fingerprint density at radius 3 is 2.67 bits per heavy atom. The van der Waals surface area contributed by atoms with E-state index in [9.17, 15) is 0 Å². The Hall–Kier alpha value is -1.88. The molecule has 0 saturated carbocycles. The Labute approximate surface area is 113 Å². The first kappa shape index (κ1) is 12.6. The SMILES string of the molecule is Cc1cc(Oc2ccnc(C(=N)N)c2)ccc1Br. The van der Waals surface area contributed by atoms with Crippen LogP contribution in [-0.4, -0.2) is 10.8 Å². The summed E-state index contributed by atoms with van der Waals surface area (Å²) in [6, 6.07) is 9.09. The third kappa shape index (κ3) is 2.87. The van der Waals surface area contributed by atoms with Crippen molar-refractivity contribution in [2.75, 3.05) is 0 Å². The minimum atomic E-state index is -0.0764. The molecule has 1 aromatic carbocycles. The monoisotopic (exact) mass is 305 g/mol. The van der Waals surface area contributed by atoms with Crippen LogP contribution in [0.3, 0.4) is 0 Å². The minimum absolute atomic E-state index is 0.0764. The van der Waals surface area contributed by atoms with E-state index in [4.69, 9.17) is 15.9 Å². The van der Waals surface area contributed by atoms with Crippen LogP contribution in [-0.2, 0) is 0 Å². The summed E-state index contributed by atoms with van der Waals surface area (Å²) in [4.78, 5) is 3.98. The van der Waals surface area contributed by atoms with Crippen molar-refractivity contribution < 1.29 is 4.74 Å². The topological polar surface area (TPSA) is 72.0 Å². The molecule has 3 N–H and O–H groups in total. The molecule has 0 spiro atoms. The Morgan fingerprint density at radius 1 is 1.28 bits per heavy atom. The first-order chi connectivity index (χ1) is 8.56. The minimum Gasteiger partial charge on any atom is -0.457 e. The number of nitrogens with two attached hydrogens (primary N) is 1. The maximum absolute atomic E-state index is 7.33. The lowest BCUT2D eigenvalue weighted by Crippen LogP contribution is -2.12. The molecule has 2 rings (SSSR count). The number of nitrogens with zero attached hydrogens (tertiary/aromatic N) is 1. The summed E-state index contributed by atoms with van der Waals surface area (Å²) in [5.41, 5.74) is 6.87. The number of halogens is 1. The van der Waals surface area contributed by atoms with Crippen LogP contribution in [0.25, 0.3) is 0 Å². The maximum atomic E-state index is 7.33. The van der Waals surface area contributed by atoms with Gasteiger partial charge in [-0.3, -0.25) is 10.4 Å². The van der Waals surface area contributed by atoms with Gasteiger partial charge in [-0.05, 0) is 36.8 Å². The fourth-order valence-corrected chi connectivity index (χ4v) is 1.69. The number of aromatic nitrogens is 1. The molecule has 4 nitrogen and oxygen atoms in total. The predicted octanol–water partition coefficient (Wildman–Crippen LogP) is 3.23. The van der Waals surface area contributed by atoms with E-state index >= 15 is 0 Å². The molecule has 0 fully saturated rings. The number of amidine groups is 1.